The van der Waals surface area contributed by atoms with E-state index in [0.29, 0.717) is 0 Å². The number of ether oxygens (including phenoxy) is 1. The molecule has 0 saturated carbocycles. The zero-order chi connectivity index (χ0) is 13.8. The van der Waals surface area contributed by atoms with Crippen LogP contribution in [-0.2, 0) is 10.2 Å². The van der Waals surface area contributed by atoms with E-state index in [9.17, 15) is 4.79 Å². The molecule has 0 aliphatic carbocycles. The molecule has 0 aromatic heterocycles. The smallest absolute Gasteiger partial charge is 0.172 e. The van der Waals surface area contributed by atoms with Crippen LogP contribution in [-0.4, -0.2) is 12.4 Å². The standard InChI is InChI=1S/C16H24O2/c1-6-16(4,5)13-7-9-14(10-8-13)18-11-15(17)12(2)3/h7-10,12H,6,11H2,1-5H3. The van der Waals surface area contributed by atoms with Crippen molar-refractivity contribution in [2.45, 2.75) is 46.5 Å². The van der Waals surface area contributed by atoms with E-state index in [1.165, 1.54) is 5.56 Å². The van der Waals surface area contributed by atoms with Crippen molar-refractivity contribution in [3.63, 3.8) is 0 Å². The molecule has 18 heavy (non-hydrogen) atoms. The molecule has 0 fully saturated rings. The third-order valence-corrected chi connectivity index (χ3v) is 3.54. The molecule has 0 spiro atoms. The van der Waals surface area contributed by atoms with E-state index in [1.807, 2.05) is 26.0 Å². The number of benzene rings is 1. The van der Waals surface area contributed by atoms with Crippen LogP contribution in [0, 0.1) is 5.92 Å². The van der Waals surface area contributed by atoms with E-state index in [4.69, 9.17) is 4.74 Å². The predicted octanol–water partition coefficient (Wildman–Crippen LogP) is 3.98. The lowest BCUT2D eigenvalue weighted by Crippen LogP contribution is -2.17. The van der Waals surface area contributed by atoms with Crippen molar-refractivity contribution < 1.29 is 9.53 Å². The summed E-state index contributed by atoms with van der Waals surface area (Å²) in [4.78, 5) is 11.5. The lowest BCUT2D eigenvalue weighted by Gasteiger charge is -2.23. The van der Waals surface area contributed by atoms with Gasteiger partial charge in [0.15, 0.2) is 5.78 Å². The molecule has 0 radical (unpaired) electrons. The molecular weight excluding hydrogens is 224 g/mol. The summed E-state index contributed by atoms with van der Waals surface area (Å²) in [5.74, 6) is 0.927. The van der Waals surface area contributed by atoms with Crippen molar-refractivity contribution in [3.8, 4) is 5.75 Å². The predicted molar refractivity (Wildman–Crippen MR) is 75.1 cm³/mol. The molecule has 0 unspecified atom stereocenters. The van der Waals surface area contributed by atoms with Gasteiger partial charge in [0, 0.05) is 5.92 Å². The second kappa shape index (κ2) is 6.03. The summed E-state index contributed by atoms with van der Waals surface area (Å²) in [7, 11) is 0. The molecule has 0 bridgehead atoms. The van der Waals surface area contributed by atoms with Crippen LogP contribution in [0.5, 0.6) is 5.75 Å². The summed E-state index contributed by atoms with van der Waals surface area (Å²) >= 11 is 0. The first-order valence-corrected chi connectivity index (χ1v) is 6.63. The van der Waals surface area contributed by atoms with Crippen LogP contribution in [0.15, 0.2) is 24.3 Å². The van der Waals surface area contributed by atoms with Crippen LogP contribution < -0.4 is 4.74 Å². The van der Waals surface area contributed by atoms with Gasteiger partial charge in [0.2, 0.25) is 0 Å². The number of hydrogen-bond acceptors (Lipinski definition) is 2. The number of Topliss-reactive ketones (excluding diaryl/α,β-unsaturated/α-hetero) is 1. The Bertz CT molecular complexity index is 388. The highest BCUT2D eigenvalue weighted by molar-refractivity contribution is 5.81. The normalized spacial score (nSPS) is 11.7. The molecule has 0 N–H and O–H groups in total. The lowest BCUT2D eigenvalue weighted by atomic mass is 9.82. The first kappa shape index (κ1) is 14.7. The molecule has 1 aromatic carbocycles. The van der Waals surface area contributed by atoms with Crippen molar-refractivity contribution >= 4 is 5.78 Å². The van der Waals surface area contributed by atoms with E-state index in [-0.39, 0.29) is 23.7 Å². The number of rotatable bonds is 6. The fourth-order valence-electron chi connectivity index (χ4n) is 1.53. The SMILES string of the molecule is CCC(C)(C)c1ccc(OCC(=O)C(C)C)cc1. The van der Waals surface area contributed by atoms with Crippen molar-refractivity contribution in [1.29, 1.82) is 0 Å². The first-order valence-electron chi connectivity index (χ1n) is 6.63. The van der Waals surface area contributed by atoms with Gasteiger partial charge in [-0.2, -0.15) is 0 Å². The van der Waals surface area contributed by atoms with E-state index in [1.54, 1.807) is 0 Å². The van der Waals surface area contributed by atoms with Gasteiger partial charge in [-0.3, -0.25) is 4.79 Å². The summed E-state index contributed by atoms with van der Waals surface area (Å²) in [6.45, 7) is 10.6. The topological polar surface area (TPSA) is 26.3 Å². The van der Waals surface area contributed by atoms with Gasteiger partial charge in [-0.15, -0.1) is 0 Å². The first-order chi connectivity index (χ1) is 8.36. The fourth-order valence-corrected chi connectivity index (χ4v) is 1.53. The van der Waals surface area contributed by atoms with Crippen LogP contribution in [0.3, 0.4) is 0 Å². The zero-order valence-electron chi connectivity index (χ0n) is 12.1. The molecule has 0 aliphatic heterocycles. The molecular formula is C16H24O2. The number of carbonyl (C=O) groups excluding carboxylic acids is 1. The summed E-state index contributed by atoms with van der Waals surface area (Å²) in [6, 6.07) is 8.05. The Morgan fingerprint density at radius 3 is 2.22 bits per heavy atom. The Balaban J connectivity index is 2.64. The minimum absolute atomic E-state index is 0.0308. The van der Waals surface area contributed by atoms with E-state index in [0.717, 1.165) is 12.2 Å². The van der Waals surface area contributed by atoms with E-state index in [2.05, 4.69) is 32.9 Å². The molecule has 0 saturated heterocycles. The highest BCUT2D eigenvalue weighted by Gasteiger charge is 2.17. The van der Waals surface area contributed by atoms with Crippen molar-refractivity contribution in [3.05, 3.63) is 29.8 Å². The molecule has 2 nitrogen and oxygen atoms in total. The average molecular weight is 248 g/mol. The summed E-state index contributed by atoms with van der Waals surface area (Å²) in [5.41, 5.74) is 1.49. The van der Waals surface area contributed by atoms with Crippen LogP contribution >= 0.6 is 0 Å². The van der Waals surface area contributed by atoms with E-state index < -0.39 is 0 Å². The second-order valence-corrected chi connectivity index (χ2v) is 5.67. The van der Waals surface area contributed by atoms with Crippen LogP contribution in [0.25, 0.3) is 0 Å². The maximum absolute atomic E-state index is 11.5. The molecule has 0 aliphatic rings. The molecule has 100 valence electrons. The Labute approximate surface area is 110 Å². The second-order valence-electron chi connectivity index (χ2n) is 5.67. The number of hydrogen-bond donors (Lipinski definition) is 0. The zero-order valence-corrected chi connectivity index (χ0v) is 12.1. The Morgan fingerprint density at radius 2 is 1.78 bits per heavy atom. The molecule has 1 aromatic rings. The maximum Gasteiger partial charge on any atom is 0.172 e. The van der Waals surface area contributed by atoms with Gasteiger partial charge in [-0.1, -0.05) is 46.8 Å². The highest BCUT2D eigenvalue weighted by atomic mass is 16.5. The monoisotopic (exact) mass is 248 g/mol. The van der Waals surface area contributed by atoms with Gasteiger partial charge in [0.05, 0.1) is 0 Å². The minimum atomic E-state index is 0.0308. The average Bonchev–Trinajstić information content (AvgIpc) is 2.36. The van der Waals surface area contributed by atoms with Gasteiger partial charge < -0.3 is 4.74 Å². The highest BCUT2D eigenvalue weighted by Crippen LogP contribution is 2.27. The van der Waals surface area contributed by atoms with Crippen molar-refractivity contribution in [2.24, 2.45) is 5.92 Å². The summed E-state index contributed by atoms with van der Waals surface area (Å²) < 4.78 is 5.48. The lowest BCUT2D eigenvalue weighted by molar-refractivity contribution is -0.123. The van der Waals surface area contributed by atoms with Crippen LogP contribution in [0.2, 0.25) is 0 Å². The third kappa shape index (κ3) is 3.86. The molecule has 0 heterocycles. The van der Waals surface area contributed by atoms with Gasteiger partial charge >= 0.3 is 0 Å². The van der Waals surface area contributed by atoms with Crippen molar-refractivity contribution in [2.75, 3.05) is 6.61 Å². The molecule has 2 heteroatoms. The van der Waals surface area contributed by atoms with Gasteiger partial charge in [0.25, 0.3) is 0 Å². The Hall–Kier alpha value is -1.31. The van der Waals surface area contributed by atoms with Crippen LogP contribution in [0.1, 0.15) is 46.6 Å². The maximum atomic E-state index is 11.5. The molecule has 0 atom stereocenters. The minimum Gasteiger partial charge on any atom is -0.486 e. The van der Waals surface area contributed by atoms with Gasteiger partial charge in [0.1, 0.15) is 12.4 Å². The third-order valence-electron chi connectivity index (χ3n) is 3.54. The molecule has 0 amide bonds. The van der Waals surface area contributed by atoms with Crippen molar-refractivity contribution in [1.82, 2.24) is 0 Å². The Kier molecular flexibility index (Phi) is 4.94. The summed E-state index contributed by atoms with van der Waals surface area (Å²) in [6.07, 6.45) is 1.10. The van der Waals surface area contributed by atoms with Crippen LogP contribution in [0.4, 0.5) is 0 Å². The largest absolute Gasteiger partial charge is 0.486 e. The molecule has 1 rings (SSSR count). The Morgan fingerprint density at radius 1 is 1.22 bits per heavy atom. The summed E-state index contributed by atoms with van der Waals surface area (Å²) in [5, 5.41) is 0. The quantitative estimate of drug-likeness (QED) is 0.761. The van der Waals surface area contributed by atoms with E-state index >= 15 is 0 Å². The fraction of sp³-hybridized carbons (Fsp3) is 0.562. The number of ketones is 1. The number of carbonyl (C=O) groups is 1. The van der Waals surface area contributed by atoms with Gasteiger partial charge in [-0.25, -0.2) is 0 Å². The van der Waals surface area contributed by atoms with Gasteiger partial charge in [-0.05, 0) is 29.5 Å².